The summed E-state index contributed by atoms with van der Waals surface area (Å²) < 4.78 is 0.958. The van der Waals surface area contributed by atoms with Gasteiger partial charge in [-0.2, -0.15) is 0 Å². The highest BCUT2D eigenvalue weighted by atomic mass is 79.9. The number of nitrogens with zero attached hydrogens (tertiary/aromatic N) is 1. The number of hydrogen-bond donors (Lipinski definition) is 2. The molecule has 0 saturated carbocycles. The molecule has 0 aliphatic carbocycles. The summed E-state index contributed by atoms with van der Waals surface area (Å²) in [6, 6.07) is 3.96. The molecule has 5 heteroatoms. The summed E-state index contributed by atoms with van der Waals surface area (Å²) >= 11 is 3.53. The van der Waals surface area contributed by atoms with Crippen LogP contribution in [-0.2, 0) is 4.79 Å². The highest BCUT2D eigenvalue weighted by Gasteiger charge is 2.39. The van der Waals surface area contributed by atoms with Crippen LogP contribution in [0.3, 0.4) is 0 Å². The summed E-state index contributed by atoms with van der Waals surface area (Å²) in [6.07, 6.45) is 0.790. The lowest BCUT2D eigenvalue weighted by Gasteiger charge is -2.24. The molecule has 0 spiro atoms. The number of halogens is 1. The Morgan fingerprint density at radius 2 is 2.17 bits per heavy atom. The van der Waals surface area contributed by atoms with Crippen molar-refractivity contribution in [2.24, 2.45) is 11.1 Å². The number of benzene rings is 1. The fraction of sp³-hybridized carbons (Fsp3) is 0.462. The minimum atomic E-state index is -0.436. The van der Waals surface area contributed by atoms with Crippen LogP contribution in [0.25, 0.3) is 0 Å². The van der Waals surface area contributed by atoms with Gasteiger partial charge in [-0.15, -0.1) is 0 Å². The zero-order chi connectivity index (χ0) is 13.5. The number of amides is 1. The molecule has 4 nitrogen and oxygen atoms in total. The lowest BCUT2D eigenvalue weighted by Crippen LogP contribution is -2.37. The van der Waals surface area contributed by atoms with Crippen LogP contribution in [0, 0.1) is 12.3 Å². The summed E-state index contributed by atoms with van der Waals surface area (Å²) in [5, 5.41) is 0. The first-order valence-electron chi connectivity index (χ1n) is 5.94. The Hall–Kier alpha value is -1.23. The first-order valence-corrected chi connectivity index (χ1v) is 6.73. The van der Waals surface area contributed by atoms with E-state index in [0.29, 0.717) is 6.54 Å². The van der Waals surface area contributed by atoms with Crippen molar-refractivity contribution < 1.29 is 4.79 Å². The number of hydrogen-bond acceptors (Lipinski definition) is 3. The highest BCUT2D eigenvalue weighted by Crippen LogP contribution is 2.37. The zero-order valence-corrected chi connectivity index (χ0v) is 12.3. The Labute approximate surface area is 115 Å². The second-order valence-electron chi connectivity index (χ2n) is 5.26. The van der Waals surface area contributed by atoms with Crippen LogP contribution in [-0.4, -0.2) is 19.0 Å². The van der Waals surface area contributed by atoms with Crippen LogP contribution in [0.5, 0.6) is 0 Å². The molecular formula is C13H18BrN3O. The topological polar surface area (TPSA) is 72.3 Å². The lowest BCUT2D eigenvalue weighted by molar-refractivity contribution is -0.125. The number of aryl methyl sites for hydroxylation is 1. The number of nitrogens with two attached hydrogens (primary N) is 2. The van der Waals surface area contributed by atoms with Gasteiger partial charge in [-0.3, -0.25) is 4.79 Å². The maximum atomic E-state index is 11.5. The van der Waals surface area contributed by atoms with E-state index in [2.05, 4.69) is 20.8 Å². The molecule has 1 aromatic rings. The molecule has 0 aromatic heterocycles. The van der Waals surface area contributed by atoms with Gasteiger partial charge < -0.3 is 16.4 Å². The molecule has 18 heavy (non-hydrogen) atoms. The van der Waals surface area contributed by atoms with Crippen molar-refractivity contribution in [1.82, 2.24) is 0 Å². The molecule has 1 saturated heterocycles. The molecule has 98 valence electrons. The van der Waals surface area contributed by atoms with Crippen molar-refractivity contribution in [3.63, 3.8) is 0 Å². The largest absolute Gasteiger partial charge is 0.398 e. The Morgan fingerprint density at radius 1 is 1.50 bits per heavy atom. The second-order valence-corrected chi connectivity index (χ2v) is 6.11. The Balaban J connectivity index is 2.30. The lowest BCUT2D eigenvalue weighted by atomic mass is 9.89. The molecular weight excluding hydrogens is 294 g/mol. The van der Waals surface area contributed by atoms with E-state index >= 15 is 0 Å². The zero-order valence-electron chi connectivity index (χ0n) is 10.7. The van der Waals surface area contributed by atoms with Crippen LogP contribution in [0.15, 0.2) is 16.6 Å². The number of carbonyl (C=O) groups is 1. The SMILES string of the molecule is Cc1cc(N2CCC(C)(C(N)=O)C2)c(Br)cc1N. The molecule has 2 rings (SSSR count). The van der Waals surface area contributed by atoms with E-state index in [0.717, 1.165) is 34.4 Å². The molecule has 1 aromatic carbocycles. The normalized spacial score (nSPS) is 23.4. The summed E-state index contributed by atoms with van der Waals surface area (Å²) in [4.78, 5) is 13.7. The molecule has 4 N–H and O–H groups in total. The number of rotatable bonds is 2. The van der Waals surface area contributed by atoms with Crippen molar-refractivity contribution in [3.8, 4) is 0 Å². The monoisotopic (exact) mass is 311 g/mol. The molecule has 1 heterocycles. The molecule has 0 bridgehead atoms. The first-order chi connectivity index (χ1) is 8.33. The van der Waals surface area contributed by atoms with Crippen LogP contribution < -0.4 is 16.4 Å². The maximum Gasteiger partial charge on any atom is 0.225 e. The predicted octanol–water partition coefficient (Wildman–Crippen LogP) is 2.04. The average molecular weight is 312 g/mol. The van der Waals surface area contributed by atoms with E-state index in [-0.39, 0.29) is 5.91 Å². The van der Waals surface area contributed by atoms with Crippen molar-refractivity contribution in [3.05, 3.63) is 22.2 Å². The molecule has 1 aliphatic heterocycles. The summed E-state index contributed by atoms with van der Waals surface area (Å²) in [5.74, 6) is -0.228. The van der Waals surface area contributed by atoms with E-state index < -0.39 is 5.41 Å². The van der Waals surface area contributed by atoms with Crippen molar-refractivity contribution >= 4 is 33.2 Å². The van der Waals surface area contributed by atoms with E-state index in [1.807, 2.05) is 26.0 Å². The third-order valence-electron chi connectivity index (χ3n) is 3.74. The van der Waals surface area contributed by atoms with E-state index in [9.17, 15) is 4.79 Å². The van der Waals surface area contributed by atoms with Gasteiger partial charge in [0.05, 0.1) is 11.1 Å². The van der Waals surface area contributed by atoms with E-state index in [1.54, 1.807) is 0 Å². The Kier molecular flexibility index (Phi) is 3.27. The van der Waals surface area contributed by atoms with Gasteiger partial charge in [0.15, 0.2) is 0 Å². The van der Waals surface area contributed by atoms with Gasteiger partial charge in [-0.05, 0) is 53.9 Å². The van der Waals surface area contributed by atoms with Gasteiger partial charge >= 0.3 is 0 Å². The fourth-order valence-electron chi connectivity index (χ4n) is 2.29. The first kappa shape index (κ1) is 13.2. The average Bonchev–Trinajstić information content (AvgIpc) is 2.68. The molecule has 1 aliphatic rings. The van der Waals surface area contributed by atoms with Gasteiger partial charge in [0.2, 0.25) is 5.91 Å². The van der Waals surface area contributed by atoms with Crippen molar-refractivity contribution in [1.29, 1.82) is 0 Å². The smallest absolute Gasteiger partial charge is 0.225 e. The molecule has 1 atom stereocenters. The second kappa shape index (κ2) is 4.46. The number of primary amides is 1. The van der Waals surface area contributed by atoms with Crippen LogP contribution in [0.4, 0.5) is 11.4 Å². The van der Waals surface area contributed by atoms with Crippen molar-refractivity contribution in [2.45, 2.75) is 20.3 Å². The van der Waals surface area contributed by atoms with Gasteiger partial charge in [-0.25, -0.2) is 0 Å². The number of nitrogen functional groups attached to an aromatic ring is 1. The van der Waals surface area contributed by atoms with Crippen LogP contribution in [0.1, 0.15) is 18.9 Å². The minimum absolute atomic E-state index is 0.228. The van der Waals surface area contributed by atoms with Gasteiger partial charge in [-0.1, -0.05) is 0 Å². The van der Waals surface area contributed by atoms with Crippen LogP contribution >= 0.6 is 15.9 Å². The van der Waals surface area contributed by atoms with Gasteiger partial charge in [0.25, 0.3) is 0 Å². The number of carbonyl (C=O) groups excluding carboxylic acids is 1. The number of anilines is 2. The third-order valence-corrected chi connectivity index (χ3v) is 4.38. The summed E-state index contributed by atoms with van der Waals surface area (Å²) in [6.45, 7) is 5.40. The predicted molar refractivity (Wildman–Crippen MR) is 77.4 cm³/mol. The van der Waals surface area contributed by atoms with Crippen molar-refractivity contribution in [2.75, 3.05) is 23.7 Å². The van der Waals surface area contributed by atoms with Crippen LogP contribution in [0.2, 0.25) is 0 Å². The summed E-state index contributed by atoms with van der Waals surface area (Å²) in [5.41, 5.74) is 13.8. The van der Waals surface area contributed by atoms with E-state index in [1.165, 1.54) is 0 Å². The summed E-state index contributed by atoms with van der Waals surface area (Å²) in [7, 11) is 0. The quantitative estimate of drug-likeness (QED) is 0.821. The minimum Gasteiger partial charge on any atom is -0.398 e. The molecule has 1 fully saturated rings. The maximum absolute atomic E-state index is 11.5. The van der Waals surface area contributed by atoms with Gasteiger partial charge in [0.1, 0.15) is 0 Å². The molecule has 0 radical (unpaired) electrons. The highest BCUT2D eigenvalue weighted by molar-refractivity contribution is 9.10. The van der Waals surface area contributed by atoms with E-state index in [4.69, 9.17) is 11.5 Å². The Morgan fingerprint density at radius 3 is 2.72 bits per heavy atom. The fourth-order valence-corrected chi connectivity index (χ4v) is 2.90. The molecule has 1 amide bonds. The van der Waals surface area contributed by atoms with Gasteiger partial charge in [0, 0.05) is 23.2 Å². The molecule has 1 unspecified atom stereocenters. The standard InChI is InChI=1S/C13H18BrN3O/c1-8-5-11(9(14)6-10(8)15)17-4-3-13(2,7-17)12(16)18/h5-6H,3-4,7,15H2,1-2H3,(H2,16,18). The Bertz CT molecular complexity index is 503. The third kappa shape index (κ3) is 2.19.